The first kappa shape index (κ1) is 14.7. The van der Waals surface area contributed by atoms with Crippen molar-refractivity contribution in [3.63, 3.8) is 0 Å². The van der Waals surface area contributed by atoms with Crippen LogP contribution in [0.5, 0.6) is 0 Å². The molecule has 2 rings (SSSR count). The Bertz CT molecular complexity index is 489. The lowest BCUT2D eigenvalue weighted by molar-refractivity contribution is -0.116. The smallest absolute Gasteiger partial charge is 0.316 e. The normalized spacial score (nSPS) is 18.3. The number of hydrogen-bond acceptors (Lipinski definition) is 4. The second-order valence-corrected chi connectivity index (χ2v) is 5.70. The van der Waals surface area contributed by atoms with Gasteiger partial charge in [-0.05, 0) is 18.2 Å². The van der Waals surface area contributed by atoms with Gasteiger partial charge in [-0.15, -0.1) is 0 Å². The molecule has 0 radical (unpaired) electrons. The van der Waals surface area contributed by atoms with E-state index in [1.165, 1.54) is 0 Å². The first-order chi connectivity index (χ1) is 9.63. The third-order valence-corrected chi connectivity index (χ3v) is 3.97. The van der Waals surface area contributed by atoms with E-state index in [0.717, 1.165) is 18.1 Å². The van der Waals surface area contributed by atoms with Gasteiger partial charge in [-0.1, -0.05) is 6.07 Å². The summed E-state index contributed by atoms with van der Waals surface area (Å²) in [5.74, 6) is 2.01. The van der Waals surface area contributed by atoms with Gasteiger partial charge in [0.25, 0.3) is 0 Å². The Morgan fingerprint density at radius 2 is 2.10 bits per heavy atom. The number of hydrogen-bond donors (Lipinski definition) is 4. The summed E-state index contributed by atoms with van der Waals surface area (Å²) >= 11 is 1.86. The van der Waals surface area contributed by atoms with E-state index in [-0.39, 0.29) is 11.9 Å². The second kappa shape index (κ2) is 7.16. The Kier molecular flexibility index (Phi) is 5.25. The Hall–Kier alpha value is -1.73. The quantitative estimate of drug-likeness (QED) is 0.671. The minimum absolute atomic E-state index is 0.0405. The molecule has 1 fully saturated rings. The molecular weight excluding hydrogens is 276 g/mol. The highest BCUT2D eigenvalue weighted by atomic mass is 32.2. The third kappa shape index (κ3) is 4.75. The number of nitrogens with one attached hydrogen (secondary N) is 3. The molecule has 1 saturated heterocycles. The highest BCUT2D eigenvalue weighted by molar-refractivity contribution is 7.99. The maximum atomic E-state index is 11.9. The van der Waals surface area contributed by atoms with Crippen molar-refractivity contribution in [2.75, 3.05) is 28.7 Å². The molecule has 1 aromatic rings. The van der Waals surface area contributed by atoms with Gasteiger partial charge in [0.15, 0.2) is 0 Å². The number of anilines is 2. The van der Waals surface area contributed by atoms with Gasteiger partial charge in [0.1, 0.15) is 0 Å². The van der Waals surface area contributed by atoms with Crippen LogP contribution in [0.25, 0.3) is 0 Å². The van der Waals surface area contributed by atoms with Crippen LogP contribution < -0.4 is 21.7 Å². The molecule has 108 valence electrons. The largest absolute Gasteiger partial charge is 0.351 e. The van der Waals surface area contributed by atoms with Crippen LogP contribution in [0.15, 0.2) is 24.3 Å². The van der Waals surface area contributed by atoms with Crippen LogP contribution in [0.2, 0.25) is 0 Å². The highest BCUT2D eigenvalue weighted by Gasteiger charge is 2.16. The predicted octanol–water partition coefficient (Wildman–Crippen LogP) is 1.21. The molecule has 1 aliphatic heterocycles. The monoisotopic (exact) mass is 294 g/mol. The van der Waals surface area contributed by atoms with E-state index >= 15 is 0 Å². The lowest BCUT2D eigenvalue weighted by Gasteiger charge is -2.22. The maximum Gasteiger partial charge on any atom is 0.316 e. The van der Waals surface area contributed by atoms with Crippen molar-refractivity contribution in [2.24, 2.45) is 5.73 Å². The molecule has 0 saturated carbocycles. The highest BCUT2D eigenvalue weighted by Crippen LogP contribution is 2.16. The molecule has 6 nitrogen and oxygen atoms in total. The number of benzene rings is 1. The number of carbonyl (C=O) groups excluding carboxylic acids is 2. The first-order valence-corrected chi connectivity index (χ1v) is 7.56. The zero-order valence-electron chi connectivity index (χ0n) is 11.0. The maximum absolute atomic E-state index is 11.9. The molecule has 1 heterocycles. The van der Waals surface area contributed by atoms with Gasteiger partial charge in [-0.25, -0.2) is 4.79 Å². The summed E-state index contributed by atoms with van der Waals surface area (Å²) in [4.78, 5) is 22.7. The molecule has 1 unspecified atom stereocenters. The van der Waals surface area contributed by atoms with Gasteiger partial charge in [0.05, 0.1) is 0 Å². The molecule has 0 aliphatic carbocycles. The molecule has 20 heavy (non-hydrogen) atoms. The predicted molar refractivity (Wildman–Crippen MR) is 82.0 cm³/mol. The van der Waals surface area contributed by atoms with Crippen LogP contribution in [0.1, 0.15) is 6.42 Å². The van der Waals surface area contributed by atoms with Crippen molar-refractivity contribution >= 4 is 35.1 Å². The summed E-state index contributed by atoms with van der Waals surface area (Å²) in [5, 5.41) is 8.61. The standard InChI is InChI=1S/C13H18N4O2S/c14-13(19)17-10-3-1-2-9(6-10)16-12(18)7-11-8-20-5-4-15-11/h1-3,6,11,15H,4-5,7-8H2,(H,16,18)(H3,14,17,19). The molecule has 1 aliphatic rings. The van der Waals surface area contributed by atoms with E-state index in [1.54, 1.807) is 24.3 Å². The van der Waals surface area contributed by atoms with E-state index < -0.39 is 6.03 Å². The summed E-state index contributed by atoms with van der Waals surface area (Å²) < 4.78 is 0. The van der Waals surface area contributed by atoms with Crippen LogP contribution in [-0.2, 0) is 4.79 Å². The molecule has 0 spiro atoms. The van der Waals surface area contributed by atoms with E-state index in [1.807, 2.05) is 11.8 Å². The summed E-state index contributed by atoms with van der Waals surface area (Å²) in [6, 6.07) is 6.49. The molecule has 1 atom stereocenters. The number of amides is 3. The molecule has 0 aromatic heterocycles. The van der Waals surface area contributed by atoms with E-state index in [4.69, 9.17) is 5.73 Å². The lowest BCUT2D eigenvalue weighted by Crippen LogP contribution is -2.39. The second-order valence-electron chi connectivity index (χ2n) is 4.55. The number of nitrogens with two attached hydrogens (primary N) is 1. The van der Waals surface area contributed by atoms with E-state index in [0.29, 0.717) is 17.8 Å². The summed E-state index contributed by atoms with van der Waals surface area (Å²) in [6.07, 6.45) is 0.445. The van der Waals surface area contributed by atoms with E-state index in [2.05, 4.69) is 16.0 Å². The Morgan fingerprint density at radius 3 is 2.75 bits per heavy atom. The zero-order valence-corrected chi connectivity index (χ0v) is 11.8. The van der Waals surface area contributed by atoms with Gasteiger partial charge in [0, 0.05) is 41.9 Å². The summed E-state index contributed by atoms with van der Waals surface area (Å²) in [7, 11) is 0. The molecule has 7 heteroatoms. The van der Waals surface area contributed by atoms with Gasteiger partial charge < -0.3 is 21.7 Å². The SMILES string of the molecule is NC(=O)Nc1cccc(NC(=O)CC2CSCCN2)c1. The fourth-order valence-corrected chi connectivity index (χ4v) is 2.95. The van der Waals surface area contributed by atoms with Crippen molar-refractivity contribution in [2.45, 2.75) is 12.5 Å². The number of rotatable bonds is 4. The molecular formula is C13H18N4O2S. The van der Waals surface area contributed by atoms with Crippen LogP contribution in [0.3, 0.4) is 0 Å². The van der Waals surface area contributed by atoms with E-state index in [9.17, 15) is 9.59 Å². The van der Waals surface area contributed by atoms with Crippen molar-refractivity contribution in [1.82, 2.24) is 5.32 Å². The Morgan fingerprint density at radius 1 is 1.35 bits per heavy atom. The Labute approximate surface area is 121 Å². The van der Waals surface area contributed by atoms with Crippen molar-refractivity contribution in [1.29, 1.82) is 0 Å². The molecule has 1 aromatic carbocycles. The van der Waals surface area contributed by atoms with Crippen molar-refractivity contribution in [3.05, 3.63) is 24.3 Å². The van der Waals surface area contributed by atoms with Crippen molar-refractivity contribution < 1.29 is 9.59 Å². The van der Waals surface area contributed by atoms with Gasteiger partial charge >= 0.3 is 6.03 Å². The zero-order chi connectivity index (χ0) is 14.4. The third-order valence-electron chi connectivity index (χ3n) is 2.84. The summed E-state index contributed by atoms with van der Waals surface area (Å²) in [5.41, 5.74) is 6.25. The van der Waals surface area contributed by atoms with Crippen LogP contribution in [0.4, 0.5) is 16.2 Å². The Balaban J connectivity index is 1.88. The number of thioether (sulfide) groups is 1. The fourth-order valence-electron chi connectivity index (χ4n) is 2.00. The van der Waals surface area contributed by atoms with Crippen molar-refractivity contribution in [3.8, 4) is 0 Å². The van der Waals surface area contributed by atoms with Crippen LogP contribution >= 0.6 is 11.8 Å². The van der Waals surface area contributed by atoms with Crippen LogP contribution in [0, 0.1) is 0 Å². The average molecular weight is 294 g/mol. The van der Waals surface area contributed by atoms with Crippen LogP contribution in [-0.4, -0.2) is 36.0 Å². The number of carbonyl (C=O) groups is 2. The fraction of sp³-hybridized carbons (Fsp3) is 0.385. The first-order valence-electron chi connectivity index (χ1n) is 6.41. The molecule has 5 N–H and O–H groups in total. The molecule has 3 amide bonds. The number of urea groups is 1. The average Bonchev–Trinajstić information content (AvgIpc) is 2.39. The minimum Gasteiger partial charge on any atom is -0.351 e. The van der Waals surface area contributed by atoms with Gasteiger partial charge in [-0.2, -0.15) is 11.8 Å². The van der Waals surface area contributed by atoms with Gasteiger partial charge in [0.2, 0.25) is 5.91 Å². The summed E-state index contributed by atoms with van der Waals surface area (Å²) in [6.45, 7) is 0.945. The van der Waals surface area contributed by atoms with Gasteiger partial charge in [-0.3, -0.25) is 4.79 Å². The lowest BCUT2D eigenvalue weighted by atomic mass is 10.2. The molecule has 0 bridgehead atoms. The topological polar surface area (TPSA) is 96.2 Å². The number of primary amides is 1. The minimum atomic E-state index is -0.628.